The van der Waals surface area contributed by atoms with Crippen molar-refractivity contribution < 1.29 is 9.84 Å². The van der Waals surface area contributed by atoms with E-state index < -0.39 is 0 Å². The van der Waals surface area contributed by atoms with Gasteiger partial charge in [0.25, 0.3) is 0 Å². The molecule has 1 rings (SSSR count). The normalized spacial score (nSPS) is 14.9. The van der Waals surface area contributed by atoms with Crippen LogP contribution in [0.5, 0.6) is 0 Å². The van der Waals surface area contributed by atoms with Crippen molar-refractivity contribution in [1.29, 1.82) is 0 Å². The highest BCUT2D eigenvalue weighted by Gasteiger charge is 2.18. The third-order valence-corrected chi connectivity index (χ3v) is 3.08. The number of ether oxygens (including phenoxy) is 1. The molecular weight excluding hydrogens is 214 g/mol. The Bertz CT molecular complexity index is 273. The first-order valence-corrected chi connectivity index (χ1v) is 5.44. The zero-order chi connectivity index (χ0) is 11.1. The Morgan fingerprint density at radius 1 is 1.60 bits per heavy atom. The molecule has 3 N–H and O–H groups in total. The molecule has 15 heavy (non-hydrogen) atoms. The summed E-state index contributed by atoms with van der Waals surface area (Å²) in [4.78, 5) is 8.04. The lowest BCUT2D eigenvalue weighted by Gasteiger charge is -2.19. The number of thioether (sulfide) groups is 1. The number of aliphatic hydroxyl groups excluding tert-OH is 1. The van der Waals surface area contributed by atoms with E-state index in [1.807, 2.05) is 0 Å². The second-order valence-electron chi connectivity index (χ2n) is 3.00. The number of nitrogens with zero attached hydrogens (tertiary/aromatic N) is 2. The number of methoxy groups -OCH3 is 1. The minimum Gasteiger partial charge on any atom is -0.395 e. The van der Waals surface area contributed by atoms with Crippen LogP contribution >= 0.6 is 11.8 Å². The molecule has 0 aliphatic carbocycles. The Morgan fingerprint density at radius 2 is 2.40 bits per heavy atom. The summed E-state index contributed by atoms with van der Waals surface area (Å²) in [5.74, 6) is 0. The largest absolute Gasteiger partial charge is 0.395 e. The predicted octanol–water partition coefficient (Wildman–Crippen LogP) is -0.0967. The number of hydrogen-bond acceptors (Lipinski definition) is 6. The van der Waals surface area contributed by atoms with Crippen LogP contribution in [0.4, 0.5) is 0 Å². The Kier molecular flexibility index (Phi) is 5.56. The van der Waals surface area contributed by atoms with E-state index in [4.69, 9.17) is 10.5 Å². The third-order valence-electron chi connectivity index (χ3n) is 1.83. The molecule has 0 aromatic carbocycles. The fourth-order valence-corrected chi connectivity index (χ4v) is 1.94. The molecule has 0 spiro atoms. The summed E-state index contributed by atoms with van der Waals surface area (Å²) in [5.41, 5.74) is 5.83. The van der Waals surface area contributed by atoms with Crippen LogP contribution in [-0.4, -0.2) is 46.7 Å². The lowest BCUT2D eigenvalue weighted by atomic mass is 10.2. The molecule has 0 saturated carbocycles. The molecule has 1 heterocycles. The molecule has 84 valence electrons. The molecule has 0 fully saturated rings. The van der Waals surface area contributed by atoms with Crippen LogP contribution in [0.2, 0.25) is 0 Å². The van der Waals surface area contributed by atoms with Gasteiger partial charge < -0.3 is 15.6 Å². The van der Waals surface area contributed by atoms with Crippen LogP contribution in [0, 0.1) is 0 Å². The Labute approximate surface area is 93.1 Å². The summed E-state index contributed by atoms with van der Waals surface area (Å²) in [6, 6.07) is -0.216. The number of aromatic nitrogens is 2. The first-order chi connectivity index (χ1) is 7.27. The summed E-state index contributed by atoms with van der Waals surface area (Å²) in [7, 11) is 1.58. The van der Waals surface area contributed by atoms with Crippen molar-refractivity contribution in [3.05, 3.63) is 18.6 Å². The average molecular weight is 229 g/mol. The maximum atomic E-state index is 9.18. The lowest BCUT2D eigenvalue weighted by Crippen LogP contribution is -2.38. The first-order valence-electron chi connectivity index (χ1n) is 4.56. The van der Waals surface area contributed by atoms with Crippen LogP contribution in [0.25, 0.3) is 0 Å². The van der Waals surface area contributed by atoms with E-state index in [-0.39, 0.29) is 17.9 Å². The van der Waals surface area contributed by atoms with Gasteiger partial charge in [-0.1, -0.05) is 11.8 Å². The topological polar surface area (TPSA) is 81.3 Å². The van der Waals surface area contributed by atoms with Gasteiger partial charge in [0, 0.05) is 25.5 Å². The van der Waals surface area contributed by atoms with Crippen molar-refractivity contribution in [2.75, 3.05) is 20.3 Å². The summed E-state index contributed by atoms with van der Waals surface area (Å²) in [6.07, 6.45) is 4.86. The van der Waals surface area contributed by atoms with E-state index in [1.54, 1.807) is 25.7 Å². The van der Waals surface area contributed by atoms with Gasteiger partial charge in [0.2, 0.25) is 0 Å². The van der Waals surface area contributed by atoms with Crippen molar-refractivity contribution in [2.45, 2.75) is 16.3 Å². The third kappa shape index (κ3) is 4.13. The molecular formula is C9H15N3O2S. The van der Waals surface area contributed by atoms with Crippen molar-refractivity contribution >= 4 is 11.8 Å². The van der Waals surface area contributed by atoms with E-state index in [0.717, 1.165) is 5.03 Å². The highest BCUT2D eigenvalue weighted by Crippen LogP contribution is 2.21. The van der Waals surface area contributed by atoms with E-state index in [0.29, 0.717) is 6.61 Å². The van der Waals surface area contributed by atoms with Gasteiger partial charge in [0.1, 0.15) is 5.03 Å². The fourth-order valence-electron chi connectivity index (χ4n) is 1.06. The van der Waals surface area contributed by atoms with Crippen LogP contribution in [-0.2, 0) is 4.74 Å². The Morgan fingerprint density at radius 3 is 2.93 bits per heavy atom. The molecule has 0 radical (unpaired) electrons. The number of nitrogens with two attached hydrogens (primary N) is 1. The Hall–Kier alpha value is -0.690. The summed E-state index contributed by atoms with van der Waals surface area (Å²) in [5, 5.41) is 9.81. The van der Waals surface area contributed by atoms with E-state index in [2.05, 4.69) is 9.97 Å². The molecule has 1 aromatic rings. The fraction of sp³-hybridized carbons (Fsp3) is 0.556. The lowest BCUT2D eigenvalue weighted by molar-refractivity contribution is 0.167. The van der Waals surface area contributed by atoms with Crippen LogP contribution in [0.1, 0.15) is 0 Å². The van der Waals surface area contributed by atoms with Crippen LogP contribution in [0.3, 0.4) is 0 Å². The van der Waals surface area contributed by atoms with Gasteiger partial charge in [-0.05, 0) is 0 Å². The number of hydrogen-bond donors (Lipinski definition) is 2. The Balaban J connectivity index is 2.53. The van der Waals surface area contributed by atoms with Gasteiger partial charge in [-0.2, -0.15) is 0 Å². The maximum Gasteiger partial charge on any atom is 0.115 e. The standard InChI is InChI=1S/C9H15N3O2S/c1-14-6-7(10)8(5-13)15-9-4-11-2-3-12-9/h2-4,7-8,13H,5-6,10H2,1H3. The van der Waals surface area contributed by atoms with Gasteiger partial charge in [0.15, 0.2) is 0 Å². The predicted molar refractivity (Wildman–Crippen MR) is 58.6 cm³/mol. The average Bonchev–Trinajstić information content (AvgIpc) is 2.27. The molecule has 5 nitrogen and oxygen atoms in total. The molecule has 0 aliphatic heterocycles. The smallest absolute Gasteiger partial charge is 0.115 e. The molecule has 2 atom stereocenters. The zero-order valence-corrected chi connectivity index (χ0v) is 9.35. The number of rotatable bonds is 6. The molecule has 0 saturated heterocycles. The SMILES string of the molecule is COCC(N)C(CO)Sc1cnccn1. The molecule has 0 bridgehead atoms. The summed E-state index contributed by atoms with van der Waals surface area (Å²) < 4.78 is 4.94. The van der Waals surface area contributed by atoms with Crippen molar-refractivity contribution in [1.82, 2.24) is 9.97 Å². The van der Waals surface area contributed by atoms with Gasteiger partial charge in [-0.3, -0.25) is 4.98 Å². The minimum atomic E-state index is -0.216. The molecule has 0 amide bonds. The zero-order valence-electron chi connectivity index (χ0n) is 8.54. The van der Waals surface area contributed by atoms with Crippen molar-refractivity contribution in [2.24, 2.45) is 5.73 Å². The van der Waals surface area contributed by atoms with E-state index in [9.17, 15) is 5.11 Å². The maximum absolute atomic E-state index is 9.18. The van der Waals surface area contributed by atoms with Crippen LogP contribution < -0.4 is 5.73 Å². The monoisotopic (exact) mass is 229 g/mol. The molecule has 2 unspecified atom stereocenters. The summed E-state index contributed by atoms with van der Waals surface area (Å²) in [6.45, 7) is 0.407. The molecule has 6 heteroatoms. The van der Waals surface area contributed by atoms with Crippen molar-refractivity contribution in [3.63, 3.8) is 0 Å². The van der Waals surface area contributed by atoms with Crippen molar-refractivity contribution in [3.8, 4) is 0 Å². The summed E-state index contributed by atoms with van der Waals surface area (Å²) >= 11 is 1.41. The minimum absolute atomic E-state index is 0.00817. The van der Waals surface area contributed by atoms with Gasteiger partial charge in [-0.15, -0.1) is 0 Å². The van der Waals surface area contributed by atoms with E-state index in [1.165, 1.54) is 11.8 Å². The van der Waals surface area contributed by atoms with Gasteiger partial charge >= 0.3 is 0 Å². The highest BCUT2D eigenvalue weighted by molar-refractivity contribution is 7.99. The molecule has 1 aromatic heterocycles. The van der Waals surface area contributed by atoms with Gasteiger partial charge in [0.05, 0.1) is 24.7 Å². The second kappa shape index (κ2) is 6.73. The molecule has 0 aliphatic rings. The van der Waals surface area contributed by atoms with Gasteiger partial charge in [-0.25, -0.2) is 4.98 Å². The highest BCUT2D eigenvalue weighted by atomic mass is 32.2. The first kappa shape index (κ1) is 12.4. The van der Waals surface area contributed by atoms with Crippen LogP contribution in [0.15, 0.2) is 23.6 Å². The second-order valence-corrected chi connectivity index (χ2v) is 4.26. The number of aliphatic hydroxyl groups is 1. The quantitative estimate of drug-likeness (QED) is 0.663. The van der Waals surface area contributed by atoms with E-state index >= 15 is 0 Å².